The monoisotopic (exact) mass is 1030 g/mol. The third-order valence-corrected chi connectivity index (χ3v) is 13.9. The summed E-state index contributed by atoms with van der Waals surface area (Å²) in [5, 5.41) is 72.3. The number of carbonyl (C=O) groups excluding carboxylic acids is 2. The summed E-state index contributed by atoms with van der Waals surface area (Å²) in [6.07, 6.45) is 30.5. The molecule has 0 spiro atoms. The maximum Gasteiger partial charge on any atom is 0.306 e. The van der Waals surface area contributed by atoms with Crippen molar-refractivity contribution in [3.05, 3.63) is 24.3 Å². The van der Waals surface area contributed by atoms with E-state index in [2.05, 4.69) is 38.2 Å². The van der Waals surface area contributed by atoms with E-state index in [0.717, 1.165) is 51.4 Å². The van der Waals surface area contributed by atoms with Crippen LogP contribution in [-0.2, 0) is 38.0 Å². The summed E-state index contributed by atoms with van der Waals surface area (Å²) < 4.78 is 33.7. The summed E-state index contributed by atoms with van der Waals surface area (Å²) >= 11 is 0. The molecule has 2 saturated heterocycles. The van der Waals surface area contributed by atoms with Gasteiger partial charge in [0.15, 0.2) is 18.7 Å². The van der Waals surface area contributed by atoms with Crippen LogP contribution in [0.5, 0.6) is 0 Å². The van der Waals surface area contributed by atoms with Gasteiger partial charge in [-0.3, -0.25) is 9.59 Å². The summed E-state index contributed by atoms with van der Waals surface area (Å²) in [6, 6.07) is 0. The highest BCUT2D eigenvalue weighted by Gasteiger charge is 2.47. The molecule has 0 saturated carbocycles. The fraction of sp³-hybridized carbons (Fsp3) is 0.895. The molecule has 0 aromatic heterocycles. The number of allylic oxidation sites excluding steroid dienone is 4. The van der Waals surface area contributed by atoms with Crippen molar-refractivity contribution in [3.8, 4) is 0 Å². The van der Waals surface area contributed by atoms with Crippen LogP contribution < -0.4 is 0 Å². The lowest BCUT2D eigenvalue weighted by atomic mass is 9.98. The smallest absolute Gasteiger partial charge is 0.306 e. The third kappa shape index (κ3) is 31.1. The molecular formula is C57H104O15. The lowest BCUT2D eigenvalue weighted by Gasteiger charge is -2.42. The van der Waals surface area contributed by atoms with Gasteiger partial charge < -0.3 is 64.2 Å². The molecule has 11 atom stereocenters. The van der Waals surface area contributed by atoms with E-state index in [1.54, 1.807) is 0 Å². The molecule has 72 heavy (non-hydrogen) atoms. The van der Waals surface area contributed by atoms with E-state index in [4.69, 9.17) is 28.4 Å². The second-order valence-electron chi connectivity index (χ2n) is 20.5. The molecule has 0 aromatic rings. The lowest BCUT2D eigenvalue weighted by Crippen LogP contribution is -2.61. The topological polar surface area (TPSA) is 231 Å². The number of rotatable bonds is 46. The first-order valence-corrected chi connectivity index (χ1v) is 28.9. The number of unbranched alkanes of at least 4 members (excludes halogenated alkanes) is 28. The van der Waals surface area contributed by atoms with Gasteiger partial charge in [-0.15, -0.1) is 0 Å². The summed E-state index contributed by atoms with van der Waals surface area (Å²) in [4.78, 5) is 25.9. The Morgan fingerprint density at radius 3 is 1.32 bits per heavy atom. The summed E-state index contributed by atoms with van der Waals surface area (Å²) in [5.41, 5.74) is 0. The van der Waals surface area contributed by atoms with Gasteiger partial charge in [0.1, 0.15) is 55.4 Å². The Kier molecular flexibility index (Phi) is 40.5. The van der Waals surface area contributed by atoms with Crippen LogP contribution >= 0.6 is 0 Å². The molecule has 4 unspecified atom stereocenters. The van der Waals surface area contributed by atoms with E-state index < -0.39 is 92.7 Å². The molecular weight excluding hydrogens is 925 g/mol. The van der Waals surface area contributed by atoms with Gasteiger partial charge in [-0.25, -0.2) is 0 Å². The van der Waals surface area contributed by atoms with Gasteiger partial charge in [-0.1, -0.05) is 199 Å². The molecule has 0 radical (unpaired) electrons. The Hall–Kier alpha value is -2.02. The van der Waals surface area contributed by atoms with Crippen LogP contribution in [0, 0.1) is 0 Å². The Bertz CT molecular complexity index is 1350. The molecule has 0 amide bonds. The van der Waals surface area contributed by atoms with Gasteiger partial charge in [-0.05, 0) is 44.9 Å². The fourth-order valence-electron chi connectivity index (χ4n) is 9.19. The van der Waals surface area contributed by atoms with E-state index in [0.29, 0.717) is 12.8 Å². The van der Waals surface area contributed by atoms with Crippen LogP contribution in [0.1, 0.15) is 232 Å². The Balaban J connectivity index is 1.75. The number of hydrogen-bond acceptors (Lipinski definition) is 15. The first-order chi connectivity index (χ1) is 35.0. The standard InChI is InChI=1S/C57H104O15/c1-3-5-7-9-11-13-15-17-19-21-22-24-25-27-29-31-33-35-37-39-48(59)67-42-45(70-49(60)40-38-36-34-32-30-28-26-23-20-18-16-14-12-10-8-6-4-2)43-68-56-55(66)53(64)51(62)47(72-56)44-69-57-54(65)52(63)50(61)46(41-58)71-57/h11,13,17,19,45-47,50-58,61-66H,3-10,12,14-16,18,20-44H2,1-2H3/b13-11+,19-17+/t45-,46+,47+,50-,51-,52?,53?,54?,55?,56+,57+/m0/s1. The maximum absolute atomic E-state index is 13.1. The maximum atomic E-state index is 13.1. The molecule has 0 aliphatic carbocycles. The number of esters is 2. The predicted octanol–water partition coefficient (Wildman–Crippen LogP) is 9.50. The van der Waals surface area contributed by atoms with Crippen LogP contribution in [-0.4, -0.2) is 142 Å². The van der Waals surface area contributed by atoms with Crippen LogP contribution in [0.25, 0.3) is 0 Å². The van der Waals surface area contributed by atoms with E-state index in [1.165, 1.54) is 141 Å². The zero-order valence-corrected chi connectivity index (χ0v) is 44.9. The average molecular weight is 1030 g/mol. The number of carbonyl (C=O) groups is 2. The highest BCUT2D eigenvalue weighted by Crippen LogP contribution is 2.27. The van der Waals surface area contributed by atoms with Gasteiger partial charge >= 0.3 is 11.9 Å². The SMILES string of the molecule is CCCCC/C=C/C/C=C/CCCCCCCCCCCC(=O)OC[C@@H](CO[C@@H]1O[C@H](CO[C@@H]2O[C@H](CO)[C@H](O)C(O)C2O)[C@H](O)C(O)C1O)OC(=O)CCCCCCCCCCCCCCCCCCC. The molecule has 7 N–H and O–H groups in total. The average Bonchev–Trinajstić information content (AvgIpc) is 3.37. The molecule has 15 heteroatoms. The minimum absolute atomic E-state index is 0.169. The van der Waals surface area contributed by atoms with E-state index in [9.17, 15) is 45.3 Å². The molecule has 0 aromatic carbocycles. The van der Waals surface area contributed by atoms with Crippen molar-refractivity contribution in [2.75, 3.05) is 26.4 Å². The van der Waals surface area contributed by atoms with Crippen molar-refractivity contribution < 1.29 is 73.8 Å². The lowest BCUT2D eigenvalue weighted by molar-refractivity contribution is -0.332. The number of aliphatic hydroxyl groups is 7. The van der Waals surface area contributed by atoms with Crippen molar-refractivity contribution in [2.45, 2.75) is 300 Å². The van der Waals surface area contributed by atoms with Crippen molar-refractivity contribution in [2.24, 2.45) is 0 Å². The van der Waals surface area contributed by atoms with Gasteiger partial charge in [0.2, 0.25) is 0 Å². The molecule has 0 bridgehead atoms. The third-order valence-electron chi connectivity index (χ3n) is 13.9. The minimum Gasteiger partial charge on any atom is -0.462 e. The minimum atomic E-state index is -1.76. The first kappa shape index (κ1) is 66.1. The normalized spacial score (nSPS) is 25.1. The highest BCUT2D eigenvalue weighted by molar-refractivity contribution is 5.70. The first-order valence-electron chi connectivity index (χ1n) is 28.9. The quantitative estimate of drug-likeness (QED) is 0.0171. The molecule has 422 valence electrons. The Morgan fingerprint density at radius 1 is 0.444 bits per heavy atom. The van der Waals surface area contributed by atoms with E-state index >= 15 is 0 Å². The molecule has 15 nitrogen and oxygen atoms in total. The van der Waals surface area contributed by atoms with Crippen molar-refractivity contribution >= 4 is 11.9 Å². The van der Waals surface area contributed by atoms with Gasteiger partial charge in [0, 0.05) is 12.8 Å². The van der Waals surface area contributed by atoms with Gasteiger partial charge in [0.05, 0.1) is 19.8 Å². The largest absolute Gasteiger partial charge is 0.462 e. The van der Waals surface area contributed by atoms with Crippen LogP contribution in [0.3, 0.4) is 0 Å². The Labute approximate surface area is 434 Å². The molecule has 2 fully saturated rings. The van der Waals surface area contributed by atoms with Crippen LogP contribution in [0.2, 0.25) is 0 Å². The summed E-state index contributed by atoms with van der Waals surface area (Å²) in [6.45, 7) is 2.60. The number of aliphatic hydroxyl groups excluding tert-OH is 7. The number of ether oxygens (including phenoxy) is 6. The van der Waals surface area contributed by atoms with Crippen molar-refractivity contribution in [1.29, 1.82) is 0 Å². The van der Waals surface area contributed by atoms with Gasteiger partial charge in [-0.2, -0.15) is 0 Å². The highest BCUT2D eigenvalue weighted by atomic mass is 16.7. The zero-order valence-electron chi connectivity index (χ0n) is 44.9. The van der Waals surface area contributed by atoms with Crippen LogP contribution in [0.4, 0.5) is 0 Å². The fourth-order valence-corrected chi connectivity index (χ4v) is 9.19. The van der Waals surface area contributed by atoms with Gasteiger partial charge in [0.25, 0.3) is 0 Å². The zero-order chi connectivity index (χ0) is 52.4. The summed E-state index contributed by atoms with van der Waals surface area (Å²) in [5.74, 6) is -0.917. The summed E-state index contributed by atoms with van der Waals surface area (Å²) in [7, 11) is 0. The molecule has 2 rings (SSSR count). The van der Waals surface area contributed by atoms with Crippen molar-refractivity contribution in [3.63, 3.8) is 0 Å². The number of hydrogen-bond donors (Lipinski definition) is 7. The molecule has 2 aliphatic rings. The van der Waals surface area contributed by atoms with E-state index in [-0.39, 0.29) is 26.1 Å². The second kappa shape index (κ2) is 44.1. The predicted molar refractivity (Wildman–Crippen MR) is 280 cm³/mol. The Morgan fingerprint density at radius 2 is 0.833 bits per heavy atom. The van der Waals surface area contributed by atoms with Crippen LogP contribution in [0.15, 0.2) is 24.3 Å². The molecule has 2 aliphatic heterocycles. The van der Waals surface area contributed by atoms with Crippen molar-refractivity contribution in [1.82, 2.24) is 0 Å². The molecule has 2 heterocycles. The second-order valence-corrected chi connectivity index (χ2v) is 20.5. The van der Waals surface area contributed by atoms with E-state index in [1.807, 2.05) is 0 Å².